The van der Waals surface area contributed by atoms with E-state index in [2.05, 4.69) is 65.4 Å². The third-order valence-corrected chi connectivity index (χ3v) is 3.69. The van der Waals surface area contributed by atoms with E-state index in [4.69, 9.17) is 0 Å². The van der Waals surface area contributed by atoms with Crippen LogP contribution >= 0.6 is 0 Å². The second-order valence-corrected chi connectivity index (χ2v) is 5.68. The highest BCUT2D eigenvalue weighted by atomic mass is 15.2. The summed E-state index contributed by atoms with van der Waals surface area (Å²) >= 11 is 0. The van der Waals surface area contributed by atoms with E-state index >= 15 is 0 Å². The van der Waals surface area contributed by atoms with E-state index in [0.717, 1.165) is 25.5 Å². The first-order valence-electron chi connectivity index (χ1n) is 7.22. The second-order valence-electron chi connectivity index (χ2n) is 5.68. The number of pyridine rings is 1. The fourth-order valence-corrected chi connectivity index (χ4v) is 2.56. The smallest absolute Gasteiger partial charge is 0.129 e. The Labute approximate surface area is 120 Å². The summed E-state index contributed by atoms with van der Waals surface area (Å²) in [7, 11) is 0. The Hall–Kier alpha value is -1.87. The van der Waals surface area contributed by atoms with Gasteiger partial charge >= 0.3 is 0 Å². The number of nitrogens with zero attached hydrogens (tertiary/aromatic N) is 2. The third-order valence-electron chi connectivity index (χ3n) is 3.69. The maximum atomic E-state index is 4.53. The molecular weight excluding hydrogens is 246 g/mol. The number of aromatic nitrogens is 1. The predicted octanol–water partition coefficient (Wildman–Crippen LogP) is 3.10. The lowest BCUT2D eigenvalue weighted by molar-refractivity contribution is 0.588. The standard InChI is InChI=1S/C17H21N3/c1-13(2)19-10-14-7-8-18-17(9-14)20-11-15-5-3-4-6-16(15)12-20/h3-9,13,19H,10-12H2,1-2H3. The molecule has 0 amide bonds. The average Bonchev–Trinajstić information content (AvgIpc) is 2.89. The molecule has 2 heterocycles. The fourth-order valence-electron chi connectivity index (χ4n) is 2.56. The zero-order valence-corrected chi connectivity index (χ0v) is 12.1. The maximum Gasteiger partial charge on any atom is 0.129 e. The number of hydrogen-bond acceptors (Lipinski definition) is 3. The zero-order chi connectivity index (χ0) is 13.9. The van der Waals surface area contributed by atoms with Gasteiger partial charge in [-0.2, -0.15) is 0 Å². The number of hydrogen-bond donors (Lipinski definition) is 1. The average molecular weight is 267 g/mol. The minimum Gasteiger partial charge on any atom is -0.348 e. The zero-order valence-electron chi connectivity index (χ0n) is 12.1. The van der Waals surface area contributed by atoms with Crippen molar-refractivity contribution < 1.29 is 0 Å². The molecular formula is C17H21N3. The van der Waals surface area contributed by atoms with Crippen LogP contribution in [-0.4, -0.2) is 11.0 Å². The van der Waals surface area contributed by atoms with Crippen LogP contribution in [0.5, 0.6) is 0 Å². The van der Waals surface area contributed by atoms with Crippen LogP contribution in [0.25, 0.3) is 0 Å². The summed E-state index contributed by atoms with van der Waals surface area (Å²) in [6, 6.07) is 13.4. The summed E-state index contributed by atoms with van der Waals surface area (Å²) < 4.78 is 0. The van der Waals surface area contributed by atoms with E-state index in [-0.39, 0.29) is 0 Å². The van der Waals surface area contributed by atoms with Crippen LogP contribution < -0.4 is 10.2 Å². The molecule has 1 aliphatic rings. The summed E-state index contributed by atoms with van der Waals surface area (Å²) in [5.41, 5.74) is 4.12. The Morgan fingerprint density at radius 3 is 2.50 bits per heavy atom. The minimum absolute atomic E-state index is 0.502. The van der Waals surface area contributed by atoms with Crippen molar-refractivity contribution in [2.75, 3.05) is 4.90 Å². The Morgan fingerprint density at radius 1 is 1.15 bits per heavy atom. The topological polar surface area (TPSA) is 28.2 Å². The highest BCUT2D eigenvalue weighted by Gasteiger charge is 2.19. The quantitative estimate of drug-likeness (QED) is 0.922. The van der Waals surface area contributed by atoms with Crippen molar-refractivity contribution in [1.82, 2.24) is 10.3 Å². The van der Waals surface area contributed by atoms with Crippen LogP contribution in [0.1, 0.15) is 30.5 Å². The number of fused-ring (bicyclic) bond motifs is 1. The molecule has 3 nitrogen and oxygen atoms in total. The molecule has 1 aromatic carbocycles. The molecule has 2 aromatic rings. The predicted molar refractivity (Wildman–Crippen MR) is 82.5 cm³/mol. The summed E-state index contributed by atoms with van der Waals surface area (Å²) in [4.78, 5) is 6.87. The molecule has 3 rings (SSSR count). The van der Waals surface area contributed by atoms with Crippen molar-refractivity contribution in [3.63, 3.8) is 0 Å². The van der Waals surface area contributed by atoms with Crippen LogP contribution in [0.3, 0.4) is 0 Å². The molecule has 0 unspecified atom stereocenters. The van der Waals surface area contributed by atoms with E-state index < -0.39 is 0 Å². The molecule has 0 fully saturated rings. The Morgan fingerprint density at radius 2 is 1.85 bits per heavy atom. The van der Waals surface area contributed by atoms with Gasteiger partial charge in [0, 0.05) is 31.9 Å². The van der Waals surface area contributed by atoms with Gasteiger partial charge in [-0.3, -0.25) is 0 Å². The number of rotatable bonds is 4. The summed E-state index contributed by atoms with van der Waals surface area (Å²) in [5.74, 6) is 1.07. The molecule has 104 valence electrons. The molecule has 0 atom stereocenters. The van der Waals surface area contributed by atoms with E-state index in [1.165, 1.54) is 16.7 Å². The summed E-state index contributed by atoms with van der Waals surface area (Å²) in [5, 5.41) is 3.45. The monoisotopic (exact) mass is 267 g/mol. The molecule has 0 radical (unpaired) electrons. The highest BCUT2D eigenvalue weighted by Crippen LogP contribution is 2.26. The molecule has 1 N–H and O–H groups in total. The van der Waals surface area contributed by atoms with E-state index in [1.54, 1.807) is 0 Å². The van der Waals surface area contributed by atoms with Crippen LogP contribution in [0, 0.1) is 0 Å². The summed E-state index contributed by atoms with van der Waals surface area (Å²) in [6.45, 7) is 7.15. The largest absolute Gasteiger partial charge is 0.348 e. The molecule has 1 aliphatic heterocycles. The highest BCUT2D eigenvalue weighted by molar-refractivity contribution is 5.48. The molecule has 1 aromatic heterocycles. The second kappa shape index (κ2) is 5.63. The molecule has 0 bridgehead atoms. The van der Waals surface area contributed by atoms with Gasteiger partial charge in [0.15, 0.2) is 0 Å². The Bertz CT molecular complexity index is 567. The van der Waals surface area contributed by atoms with Crippen molar-refractivity contribution in [3.05, 3.63) is 59.3 Å². The lowest BCUT2D eigenvalue weighted by Crippen LogP contribution is -2.22. The van der Waals surface area contributed by atoms with E-state index in [1.807, 2.05) is 6.20 Å². The fraction of sp³-hybridized carbons (Fsp3) is 0.353. The lowest BCUT2D eigenvalue weighted by Gasteiger charge is -2.17. The van der Waals surface area contributed by atoms with Gasteiger partial charge in [0.25, 0.3) is 0 Å². The normalized spacial score (nSPS) is 13.8. The van der Waals surface area contributed by atoms with Crippen LogP contribution in [0.15, 0.2) is 42.6 Å². The van der Waals surface area contributed by atoms with E-state index in [9.17, 15) is 0 Å². The summed E-state index contributed by atoms with van der Waals surface area (Å²) in [6.07, 6.45) is 1.91. The minimum atomic E-state index is 0.502. The van der Waals surface area contributed by atoms with Gasteiger partial charge < -0.3 is 10.2 Å². The van der Waals surface area contributed by atoms with Crippen LogP contribution in [0.2, 0.25) is 0 Å². The van der Waals surface area contributed by atoms with Gasteiger partial charge in [0.1, 0.15) is 5.82 Å². The molecule has 20 heavy (non-hydrogen) atoms. The first-order chi connectivity index (χ1) is 9.72. The molecule has 0 aliphatic carbocycles. The van der Waals surface area contributed by atoms with Crippen molar-refractivity contribution in [2.24, 2.45) is 0 Å². The third kappa shape index (κ3) is 2.83. The van der Waals surface area contributed by atoms with Gasteiger partial charge in [-0.25, -0.2) is 4.98 Å². The number of anilines is 1. The van der Waals surface area contributed by atoms with Crippen LogP contribution in [0.4, 0.5) is 5.82 Å². The number of nitrogens with one attached hydrogen (secondary N) is 1. The van der Waals surface area contributed by atoms with Gasteiger partial charge in [0.2, 0.25) is 0 Å². The molecule has 0 saturated heterocycles. The van der Waals surface area contributed by atoms with Crippen molar-refractivity contribution in [2.45, 2.75) is 39.5 Å². The van der Waals surface area contributed by atoms with Gasteiger partial charge in [-0.1, -0.05) is 38.1 Å². The van der Waals surface area contributed by atoms with Gasteiger partial charge in [-0.15, -0.1) is 0 Å². The first-order valence-corrected chi connectivity index (χ1v) is 7.22. The number of benzene rings is 1. The Kier molecular flexibility index (Phi) is 3.70. The Balaban J connectivity index is 1.74. The van der Waals surface area contributed by atoms with E-state index in [0.29, 0.717) is 6.04 Å². The molecule has 3 heteroatoms. The molecule has 0 spiro atoms. The van der Waals surface area contributed by atoms with Gasteiger partial charge in [0.05, 0.1) is 0 Å². The lowest BCUT2D eigenvalue weighted by atomic mass is 10.1. The van der Waals surface area contributed by atoms with Gasteiger partial charge in [-0.05, 0) is 28.8 Å². The first kappa shape index (κ1) is 13.1. The van der Waals surface area contributed by atoms with Crippen molar-refractivity contribution in [1.29, 1.82) is 0 Å². The SMILES string of the molecule is CC(C)NCc1ccnc(N2Cc3ccccc3C2)c1. The molecule has 0 saturated carbocycles. The van der Waals surface area contributed by atoms with Crippen molar-refractivity contribution in [3.8, 4) is 0 Å². The van der Waals surface area contributed by atoms with Crippen molar-refractivity contribution >= 4 is 5.82 Å². The maximum absolute atomic E-state index is 4.53. The van der Waals surface area contributed by atoms with Crippen LogP contribution in [-0.2, 0) is 19.6 Å².